The number of thioether (sulfide) groups is 1. The molecule has 1 atom stereocenters. The van der Waals surface area contributed by atoms with Gasteiger partial charge in [-0.05, 0) is 28.7 Å². The number of carbonyl (C=O) groups excluding carboxylic acids is 1. The lowest BCUT2D eigenvalue weighted by atomic mass is 9.93. The van der Waals surface area contributed by atoms with Gasteiger partial charge in [-0.2, -0.15) is 0 Å². The summed E-state index contributed by atoms with van der Waals surface area (Å²) in [4.78, 5) is 29.7. The molecule has 0 bridgehead atoms. The molecule has 0 aromatic heterocycles. The third-order valence-corrected chi connectivity index (χ3v) is 3.85. The van der Waals surface area contributed by atoms with Crippen LogP contribution < -0.4 is 0 Å². The van der Waals surface area contributed by atoms with Gasteiger partial charge in [-0.15, -0.1) is 0 Å². The first kappa shape index (κ1) is 11.8. The first-order valence-electron chi connectivity index (χ1n) is 5.42. The maximum Gasteiger partial charge on any atom is 0.269 e. The van der Waals surface area contributed by atoms with E-state index in [2.05, 4.69) is 9.98 Å². The Kier molecular flexibility index (Phi) is 2.75. The molecule has 19 heavy (non-hydrogen) atoms. The number of hydrogen-bond acceptors (Lipinski definition) is 5. The molecular weight excluding hydrogens is 266 g/mol. The summed E-state index contributed by atoms with van der Waals surface area (Å²) in [6.45, 7) is 0. The van der Waals surface area contributed by atoms with Crippen molar-refractivity contribution in [3.63, 3.8) is 0 Å². The Morgan fingerprint density at radius 1 is 1.26 bits per heavy atom. The molecule has 7 heteroatoms. The first-order valence-corrected chi connectivity index (χ1v) is 6.30. The van der Waals surface area contributed by atoms with Crippen molar-refractivity contribution in [2.45, 2.75) is 0 Å². The Morgan fingerprint density at radius 2 is 2.00 bits per heavy atom. The fourth-order valence-electron chi connectivity index (χ4n) is 1.96. The van der Waals surface area contributed by atoms with Gasteiger partial charge in [0.2, 0.25) is 0 Å². The van der Waals surface area contributed by atoms with Crippen molar-refractivity contribution >= 4 is 40.3 Å². The molecule has 0 spiro atoms. The van der Waals surface area contributed by atoms with Crippen LogP contribution in [0.15, 0.2) is 39.7 Å². The third kappa shape index (κ3) is 1.97. The maximum absolute atomic E-state index is 11.8. The molecule has 0 radical (unpaired) electrons. The molecule has 3 rings (SSSR count). The van der Waals surface area contributed by atoms with Gasteiger partial charge in [0, 0.05) is 12.1 Å². The minimum Gasteiger partial charge on any atom is -0.271 e. The van der Waals surface area contributed by atoms with Crippen molar-refractivity contribution in [2.24, 2.45) is 15.9 Å². The summed E-state index contributed by atoms with van der Waals surface area (Å²) in [5, 5.41) is 13.2. The average Bonchev–Trinajstić information content (AvgIpc) is 2.84. The van der Waals surface area contributed by atoms with Crippen LogP contribution in [0.2, 0.25) is 0 Å². The second kappa shape index (κ2) is 4.43. The standard InChI is InChI=1S/C12H7N3O3S/c16-11-10-9(5-19-12(10)14-6-13-11)7-1-3-8(4-2-7)15(17)18/h1-6,10H. The Hall–Kier alpha value is -2.28. The van der Waals surface area contributed by atoms with E-state index in [1.807, 2.05) is 5.41 Å². The molecule has 0 fully saturated rings. The Balaban J connectivity index is 1.95. The van der Waals surface area contributed by atoms with E-state index in [1.165, 1.54) is 30.2 Å². The van der Waals surface area contributed by atoms with Gasteiger partial charge in [-0.1, -0.05) is 11.8 Å². The van der Waals surface area contributed by atoms with Crippen LogP contribution in [-0.4, -0.2) is 22.2 Å². The molecule has 0 N–H and O–H groups in total. The number of fused-ring (bicyclic) bond motifs is 1. The smallest absolute Gasteiger partial charge is 0.269 e. The highest BCUT2D eigenvalue weighted by molar-refractivity contribution is 8.17. The summed E-state index contributed by atoms with van der Waals surface area (Å²) in [6.07, 6.45) is 1.26. The number of non-ortho nitro benzene ring substituents is 1. The van der Waals surface area contributed by atoms with Gasteiger partial charge in [-0.25, -0.2) is 9.98 Å². The largest absolute Gasteiger partial charge is 0.271 e. The van der Waals surface area contributed by atoms with Crippen LogP contribution in [0.25, 0.3) is 5.57 Å². The maximum atomic E-state index is 11.8. The van der Waals surface area contributed by atoms with Crippen molar-refractivity contribution in [2.75, 3.05) is 0 Å². The lowest BCUT2D eigenvalue weighted by Crippen LogP contribution is -2.21. The molecule has 1 unspecified atom stereocenters. The van der Waals surface area contributed by atoms with Crippen LogP contribution in [0.4, 0.5) is 5.69 Å². The number of benzene rings is 1. The van der Waals surface area contributed by atoms with Gasteiger partial charge < -0.3 is 0 Å². The predicted octanol–water partition coefficient (Wildman–Crippen LogP) is 2.27. The highest BCUT2D eigenvalue weighted by atomic mass is 32.2. The van der Waals surface area contributed by atoms with Gasteiger partial charge in [0.25, 0.3) is 11.6 Å². The van der Waals surface area contributed by atoms with E-state index >= 15 is 0 Å². The molecular formula is C12H7N3O3S. The number of nitrogens with zero attached hydrogens (tertiary/aromatic N) is 3. The normalized spacial score (nSPS) is 20.8. The van der Waals surface area contributed by atoms with Crippen LogP contribution in [0, 0.1) is 16.0 Å². The van der Waals surface area contributed by atoms with E-state index in [4.69, 9.17) is 0 Å². The monoisotopic (exact) mass is 273 g/mol. The van der Waals surface area contributed by atoms with Gasteiger partial charge in [0.1, 0.15) is 12.3 Å². The molecule has 0 saturated carbocycles. The fraction of sp³-hybridized carbons (Fsp3) is 0.0833. The molecule has 1 amide bonds. The number of aliphatic imine (C=N–C) groups is 2. The summed E-state index contributed by atoms with van der Waals surface area (Å²) in [5.41, 5.74) is 1.59. The van der Waals surface area contributed by atoms with E-state index in [1.54, 1.807) is 12.1 Å². The van der Waals surface area contributed by atoms with Crippen molar-refractivity contribution in [3.8, 4) is 0 Å². The van der Waals surface area contributed by atoms with Gasteiger partial charge in [0.05, 0.1) is 9.97 Å². The van der Waals surface area contributed by atoms with E-state index < -0.39 is 10.8 Å². The lowest BCUT2D eigenvalue weighted by Gasteiger charge is -2.13. The number of nitro benzene ring substituents is 1. The van der Waals surface area contributed by atoms with Crippen molar-refractivity contribution in [3.05, 3.63) is 45.4 Å². The number of carbonyl (C=O) groups is 1. The second-order valence-corrected chi connectivity index (χ2v) is 4.87. The zero-order valence-electron chi connectivity index (χ0n) is 9.52. The van der Waals surface area contributed by atoms with Crippen molar-refractivity contribution in [1.82, 2.24) is 0 Å². The second-order valence-electron chi connectivity index (χ2n) is 3.98. The average molecular weight is 273 g/mol. The molecule has 2 heterocycles. The predicted molar refractivity (Wildman–Crippen MR) is 73.1 cm³/mol. The van der Waals surface area contributed by atoms with Gasteiger partial charge in [0.15, 0.2) is 0 Å². The number of amides is 1. The minimum atomic E-state index is -0.462. The highest BCUT2D eigenvalue weighted by Gasteiger charge is 2.35. The van der Waals surface area contributed by atoms with E-state index in [9.17, 15) is 14.9 Å². The lowest BCUT2D eigenvalue weighted by molar-refractivity contribution is -0.384. The summed E-state index contributed by atoms with van der Waals surface area (Å²) >= 11 is 1.39. The Morgan fingerprint density at radius 3 is 2.68 bits per heavy atom. The molecule has 0 aliphatic carbocycles. The van der Waals surface area contributed by atoms with Gasteiger partial charge in [-0.3, -0.25) is 14.9 Å². The number of rotatable bonds is 2. The zero-order chi connectivity index (χ0) is 13.4. The molecule has 1 aromatic rings. The third-order valence-electron chi connectivity index (χ3n) is 2.89. The van der Waals surface area contributed by atoms with Gasteiger partial charge >= 0.3 is 0 Å². The molecule has 6 nitrogen and oxygen atoms in total. The van der Waals surface area contributed by atoms with Crippen molar-refractivity contribution in [1.29, 1.82) is 0 Å². The summed E-state index contributed by atoms with van der Waals surface area (Å²) in [6, 6.07) is 6.12. The highest BCUT2D eigenvalue weighted by Crippen LogP contribution is 2.39. The Bertz CT molecular complexity index is 661. The summed E-state index contributed by atoms with van der Waals surface area (Å²) in [7, 11) is 0. The topological polar surface area (TPSA) is 84.9 Å². The Labute approximate surface area is 112 Å². The fourth-order valence-corrected chi connectivity index (χ4v) is 2.96. The van der Waals surface area contributed by atoms with E-state index in [0.717, 1.165) is 11.1 Å². The van der Waals surface area contributed by atoms with E-state index in [-0.39, 0.29) is 11.6 Å². The quantitative estimate of drug-likeness (QED) is 0.611. The van der Waals surface area contributed by atoms with Crippen LogP contribution in [0.1, 0.15) is 5.56 Å². The summed E-state index contributed by atoms with van der Waals surface area (Å²) < 4.78 is 0. The zero-order valence-corrected chi connectivity index (χ0v) is 10.3. The van der Waals surface area contributed by atoms with Crippen molar-refractivity contribution < 1.29 is 9.72 Å². The SMILES string of the molecule is O=C1N=CN=C2SC=C(c3ccc([N+](=O)[O-])cc3)C12. The van der Waals surface area contributed by atoms with Crippen LogP contribution in [0.3, 0.4) is 0 Å². The number of nitro groups is 1. The first-order chi connectivity index (χ1) is 9.16. The van der Waals surface area contributed by atoms with Crippen LogP contribution in [-0.2, 0) is 4.79 Å². The van der Waals surface area contributed by atoms with Crippen LogP contribution >= 0.6 is 11.8 Å². The molecule has 94 valence electrons. The molecule has 1 aromatic carbocycles. The van der Waals surface area contributed by atoms with E-state index in [0.29, 0.717) is 5.04 Å². The summed E-state index contributed by atoms with van der Waals surface area (Å²) in [5.74, 6) is -0.712. The minimum absolute atomic E-state index is 0.0249. The number of hydrogen-bond donors (Lipinski definition) is 0. The van der Waals surface area contributed by atoms with Crippen LogP contribution in [0.5, 0.6) is 0 Å². The molecule has 2 aliphatic heterocycles. The molecule has 2 aliphatic rings. The molecule has 0 saturated heterocycles.